The molecule has 0 aliphatic carbocycles. The van der Waals surface area contributed by atoms with Crippen LogP contribution < -0.4 is 0 Å². The number of hydrogen-bond donors (Lipinski definition) is 4. The smallest absolute Gasteiger partial charge is 0.337 e. The van der Waals surface area contributed by atoms with Gasteiger partial charge in [-0.1, -0.05) is 42.5 Å². The molecule has 7 rings (SSSR count). The molecule has 0 saturated heterocycles. The lowest BCUT2D eigenvalue weighted by atomic mass is 9.81. The monoisotopic (exact) mass is 588 g/mol. The van der Waals surface area contributed by atoms with E-state index >= 15 is 0 Å². The van der Waals surface area contributed by atoms with Crippen LogP contribution in [0, 0.1) is 0 Å². The highest BCUT2D eigenvalue weighted by atomic mass is 16.4. The molecule has 12 heteroatoms. The van der Waals surface area contributed by atoms with E-state index in [0.29, 0.717) is 21.5 Å². The van der Waals surface area contributed by atoms with Crippen molar-refractivity contribution in [1.29, 1.82) is 0 Å². The molecule has 12 nitrogen and oxygen atoms in total. The molecule has 0 atom stereocenters. The first-order valence-corrected chi connectivity index (χ1v) is 12.8. The topological polar surface area (TPSA) is 201 Å². The number of carboxylic acid groups (broad SMARTS) is 4. The zero-order valence-corrected chi connectivity index (χ0v) is 22.4. The maximum atomic E-state index is 12.3. The molecule has 0 amide bonds. The molecule has 2 heterocycles. The summed E-state index contributed by atoms with van der Waals surface area (Å²) in [4.78, 5) is 63.4. The Hall–Kier alpha value is -6.56. The second-order valence-electron chi connectivity index (χ2n) is 9.15. The Morgan fingerprint density at radius 1 is 0.432 bits per heavy atom. The van der Waals surface area contributed by atoms with Crippen LogP contribution in [0.3, 0.4) is 0 Å². The summed E-state index contributed by atoms with van der Waals surface area (Å²) >= 11 is 0. The zero-order valence-electron chi connectivity index (χ0n) is 22.4. The summed E-state index contributed by atoms with van der Waals surface area (Å²) in [6.45, 7) is 0. The third kappa shape index (κ3) is 5.14. The van der Waals surface area contributed by atoms with Crippen LogP contribution in [-0.4, -0.2) is 64.2 Å². The van der Waals surface area contributed by atoms with E-state index in [9.17, 15) is 39.6 Å². The molecule has 0 aliphatic rings. The first-order chi connectivity index (χ1) is 21.2. The molecule has 2 aromatic heterocycles. The number of rotatable bonds is 4. The van der Waals surface area contributed by atoms with E-state index in [2.05, 4.69) is 19.9 Å². The van der Waals surface area contributed by atoms with Crippen LogP contribution in [0.1, 0.15) is 41.4 Å². The Kier molecular flexibility index (Phi) is 7.98. The van der Waals surface area contributed by atoms with Crippen LogP contribution in [0.5, 0.6) is 0 Å². The summed E-state index contributed by atoms with van der Waals surface area (Å²) in [6, 6.07) is 16.8. The Morgan fingerprint density at radius 3 is 1.34 bits per heavy atom. The third-order valence-electron chi connectivity index (χ3n) is 6.75. The molecule has 0 saturated carbocycles. The fourth-order valence-electron chi connectivity index (χ4n) is 5.22. The Bertz CT molecular complexity index is 2100. The van der Waals surface area contributed by atoms with Crippen molar-refractivity contribution in [2.45, 2.75) is 0 Å². The van der Waals surface area contributed by atoms with Crippen LogP contribution in [-0.2, 0) is 0 Å². The lowest BCUT2D eigenvalue weighted by molar-refractivity contribution is 0.0635. The second-order valence-corrected chi connectivity index (χ2v) is 9.15. The van der Waals surface area contributed by atoms with Gasteiger partial charge in [-0.15, -0.1) is 0 Å². The van der Waals surface area contributed by atoms with Crippen molar-refractivity contribution in [3.8, 4) is 0 Å². The second kappa shape index (κ2) is 12.1. The third-order valence-corrected chi connectivity index (χ3v) is 6.75. The number of aromatic carboxylic acids is 4. The quantitative estimate of drug-likeness (QED) is 0.149. The van der Waals surface area contributed by atoms with Gasteiger partial charge in [-0.2, -0.15) is 0 Å². The summed E-state index contributed by atoms with van der Waals surface area (Å²) in [7, 11) is 0. The summed E-state index contributed by atoms with van der Waals surface area (Å²) < 4.78 is 0. The van der Waals surface area contributed by atoms with Crippen molar-refractivity contribution in [2.24, 2.45) is 0 Å². The molecule has 44 heavy (non-hydrogen) atoms. The van der Waals surface area contributed by atoms with Gasteiger partial charge in [0, 0.05) is 40.9 Å². The van der Waals surface area contributed by atoms with Crippen LogP contribution in [0.2, 0.25) is 0 Å². The van der Waals surface area contributed by atoms with Crippen LogP contribution in [0.4, 0.5) is 0 Å². The van der Waals surface area contributed by atoms with Crippen molar-refractivity contribution in [1.82, 2.24) is 19.9 Å². The minimum absolute atomic E-state index is 0.00250. The summed E-state index contributed by atoms with van der Waals surface area (Å²) in [5, 5.41) is 42.3. The predicted molar refractivity (Wildman–Crippen MR) is 160 cm³/mol. The maximum Gasteiger partial charge on any atom is 0.337 e. The van der Waals surface area contributed by atoms with Crippen molar-refractivity contribution < 1.29 is 39.6 Å². The number of hydrogen-bond acceptors (Lipinski definition) is 8. The van der Waals surface area contributed by atoms with E-state index < -0.39 is 46.1 Å². The largest absolute Gasteiger partial charge is 0.478 e. The number of carbonyl (C=O) groups is 4. The van der Waals surface area contributed by atoms with Gasteiger partial charge in [0.25, 0.3) is 0 Å². The van der Waals surface area contributed by atoms with E-state index in [1.807, 2.05) is 12.1 Å². The fourth-order valence-corrected chi connectivity index (χ4v) is 5.22. The number of carboxylic acids is 4. The SMILES string of the molecule is O=C(O)c1c(C(=O)O)c2c(C(=O)O)ccc3c4cccc5cccc(c(c1C(=O)O)c23)c54.c1cncnc1.c1cncnc1. The molecular formula is C32H20N4O8. The minimum Gasteiger partial charge on any atom is -0.478 e. The molecular weight excluding hydrogens is 568 g/mol. The van der Waals surface area contributed by atoms with Gasteiger partial charge in [0.1, 0.15) is 12.7 Å². The molecule has 5 aromatic carbocycles. The lowest BCUT2D eigenvalue weighted by Gasteiger charge is -2.20. The standard InChI is InChI=1S/C24H12O8.2C4H4N2/c25-21(26)13-8-7-11-10-5-1-3-9-4-2-6-12(14(9)10)16-15(11)17(13)19(23(29)30)20(24(31)32)18(16)22(27)28;2*1-2-5-4-6-3-1/h1-8H,(H,25,26)(H,27,28)(H,29,30)(H,31,32);2*1-4H. The molecule has 4 N–H and O–H groups in total. The van der Waals surface area contributed by atoms with E-state index in [-0.39, 0.29) is 16.2 Å². The Labute approximate surface area is 246 Å². The molecule has 0 bridgehead atoms. The van der Waals surface area contributed by atoms with Crippen molar-refractivity contribution in [2.75, 3.05) is 0 Å². The number of nitrogens with zero attached hydrogens (tertiary/aromatic N) is 4. The van der Waals surface area contributed by atoms with Gasteiger partial charge in [-0.05, 0) is 45.1 Å². The molecule has 0 unspecified atom stereocenters. The number of fused-ring (bicyclic) bond motifs is 2. The van der Waals surface area contributed by atoms with Gasteiger partial charge >= 0.3 is 23.9 Å². The van der Waals surface area contributed by atoms with Gasteiger partial charge in [-0.25, -0.2) is 39.1 Å². The summed E-state index contributed by atoms with van der Waals surface area (Å²) in [5.41, 5.74) is -2.93. The summed E-state index contributed by atoms with van der Waals surface area (Å²) in [6.07, 6.45) is 9.75. The lowest BCUT2D eigenvalue weighted by Crippen LogP contribution is -2.18. The maximum absolute atomic E-state index is 12.3. The first kappa shape index (κ1) is 29.0. The Balaban J connectivity index is 0.000000265. The number of benzene rings is 5. The van der Waals surface area contributed by atoms with Crippen LogP contribution >= 0.6 is 0 Å². The normalized spacial score (nSPS) is 10.5. The predicted octanol–water partition coefficient (Wildman–Crippen LogP) is 5.48. The zero-order chi connectivity index (χ0) is 31.4. The highest BCUT2D eigenvalue weighted by Gasteiger charge is 2.33. The minimum atomic E-state index is -1.77. The first-order valence-electron chi connectivity index (χ1n) is 12.8. The van der Waals surface area contributed by atoms with Gasteiger partial charge < -0.3 is 20.4 Å². The molecule has 7 aromatic rings. The highest BCUT2D eigenvalue weighted by molar-refractivity contribution is 6.40. The van der Waals surface area contributed by atoms with Crippen molar-refractivity contribution >= 4 is 67.0 Å². The van der Waals surface area contributed by atoms with E-state index in [4.69, 9.17) is 0 Å². The van der Waals surface area contributed by atoms with Crippen molar-refractivity contribution in [3.05, 3.63) is 120 Å². The van der Waals surface area contributed by atoms with Gasteiger partial charge in [0.2, 0.25) is 0 Å². The molecule has 0 spiro atoms. The molecule has 0 fully saturated rings. The van der Waals surface area contributed by atoms with E-state index in [0.717, 1.165) is 5.39 Å². The van der Waals surface area contributed by atoms with Crippen LogP contribution in [0.25, 0.3) is 43.1 Å². The van der Waals surface area contributed by atoms with Gasteiger partial charge in [-0.3, -0.25) is 0 Å². The van der Waals surface area contributed by atoms with Gasteiger partial charge in [0.05, 0.1) is 22.3 Å². The van der Waals surface area contributed by atoms with Crippen molar-refractivity contribution in [3.63, 3.8) is 0 Å². The van der Waals surface area contributed by atoms with E-state index in [1.54, 1.807) is 61.2 Å². The highest BCUT2D eigenvalue weighted by Crippen LogP contribution is 2.45. The Morgan fingerprint density at radius 2 is 0.909 bits per heavy atom. The molecule has 0 aliphatic heterocycles. The average molecular weight is 589 g/mol. The van der Waals surface area contributed by atoms with E-state index in [1.165, 1.54) is 24.8 Å². The average Bonchev–Trinajstić information content (AvgIpc) is 3.04. The molecule has 216 valence electrons. The summed E-state index contributed by atoms with van der Waals surface area (Å²) in [5.74, 6) is -6.58. The number of aromatic nitrogens is 4. The molecule has 0 radical (unpaired) electrons. The van der Waals surface area contributed by atoms with Gasteiger partial charge in [0.15, 0.2) is 0 Å². The van der Waals surface area contributed by atoms with Crippen LogP contribution in [0.15, 0.2) is 98.1 Å². The fraction of sp³-hybridized carbons (Fsp3) is 0.